The molecule has 0 spiro atoms. The molecule has 0 aliphatic carbocycles. The number of rotatable bonds is 1. The third-order valence-corrected chi connectivity index (χ3v) is 5.54. The summed E-state index contributed by atoms with van der Waals surface area (Å²) in [7, 11) is 0. The first-order chi connectivity index (χ1) is 8.56. The van der Waals surface area contributed by atoms with Crippen molar-refractivity contribution in [2.45, 2.75) is 52.4 Å². The highest BCUT2D eigenvalue weighted by molar-refractivity contribution is 9.23. The van der Waals surface area contributed by atoms with Gasteiger partial charge in [-0.1, -0.05) is 59.7 Å². The normalized spacial score (nSPS) is 11.1. The summed E-state index contributed by atoms with van der Waals surface area (Å²) in [5.41, 5.74) is 3.41. The first-order valence-electron chi connectivity index (χ1n) is 6.35. The molecule has 4 heteroatoms. The van der Waals surface area contributed by atoms with Crippen LogP contribution in [0.25, 0.3) is 0 Å². The van der Waals surface area contributed by atoms with Gasteiger partial charge in [0.15, 0.2) is 0 Å². The van der Waals surface area contributed by atoms with Gasteiger partial charge in [-0.2, -0.15) is 3.69 Å². The quantitative estimate of drug-likeness (QED) is 0.627. The third-order valence-electron chi connectivity index (χ3n) is 2.88. The van der Waals surface area contributed by atoms with E-state index < -0.39 is 0 Å². The van der Waals surface area contributed by atoms with Crippen molar-refractivity contribution < 1.29 is 9.90 Å². The lowest BCUT2D eigenvalue weighted by Crippen LogP contribution is -2.22. The van der Waals surface area contributed by atoms with Crippen molar-refractivity contribution >= 4 is 41.2 Å². The van der Waals surface area contributed by atoms with Crippen LogP contribution in [0.4, 0.5) is 0 Å². The Morgan fingerprint density at radius 2 is 1.32 bits per heavy atom. The fraction of sp³-hybridized carbons (Fsp3) is 0.533. The molecule has 0 heterocycles. The molecule has 0 aromatic heterocycles. The zero-order valence-corrected chi connectivity index (χ0v) is 15.8. The Bertz CT molecular complexity index is 385. The molecule has 0 bridgehead atoms. The smallest absolute Gasteiger partial charge is 0.483 e. The van der Waals surface area contributed by atoms with Gasteiger partial charge in [0, 0.05) is 0 Å². The largest absolute Gasteiger partial charge is 0.506 e. The third kappa shape index (κ3) is 6.77. The fourth-order valence-corrected chi connectivity index (χ4v) is 3.20. The Hall–Kier alpha value is -0.0638. The summed E-state index contributed by atoms with van der Waals surface area (Å²) >= 11 is 3.44. The van der Waals surface area contributed by atoms with E-state index in [2.05, 4.69) is 72.6 Å². The molecular weight excluding hydrogens is 316 g/mol. The maximum absolute atomic E-state index is 8.36. The van der Waals surface area contributed by atoms with Crippen LogP contribution in [0, 0.1) is 0 Å². The molecule has 19 heavy (non-hydrogen) atoms. The van der Waals surface area contributed by atoms with E-state index in [0.717, 1.165) is 0 Å². The van der Waals surface area contributed by atoms with E-state index in [1.807, 2.05) is 0 Å². The molecule has 1 aromatic rings. The van der Waals surface area contributed by atoms with E-state index in [9.17, 15) is 0 Å². The number of benzene rings is 1. The Kier molecular flexibility index (Phi) is 7.62. The van der Waals surface area contributed by atoms with Crippen LogP contribution in [0.2, 0.25) is 0 Å². The van der Waals surface area contributed by atoms with Crippen LogP contribution in [-0.2, 0) is 15.6 Å². The summed E-state index contributed by atoms with van der Waals surface area (Å²) in [5, 5.41) is 6.89. The Balaban J connectivity index is 0.000000982. The molecule has 0 atom stereocenters. The van der Waals surface area contributed by atoms with Crippen LogP contribution in [0.3, 0.4) is 0 Å². The highest BCUT2D eigenvalue weighted by Gasteiger charge is 2.20. The minimum Gasteiger partial charge on any atom is -0.483 e. The lowest BCUT2D eigenvalue weighted by atomic mass is 9.81. The predicted molar refractivity (Wildman–Crippen MR) is 86.8 cm³/mol. The number of hydrogen-bond acceptors (Lipinski definition) is 1. The molecular formula is C15H23BrMgO2. The van der Waals surface area contributed by atoms with Crippen molar-refractivity contribution in [2.24, 2.45) is 0 Å². The van der Waals surface area contributed by atoms with Gasteiger partial charge in [-0.3, -0.25) is 17.7 Å². The van der Waals surface area contributed by atoms with Gasteiger partial charge >= 0.3 is 18.2 Å². The van der Waals surface area contributed by atoms with Crippen LogP contribution in [-0.4, -0.2) is 29.8 Å². The van der Waals surface area contributed by atoms with Gasteiger partial charge in [-0.15, -0.1) is 0 Å². The second kappa shape index (κ2) is 7.65. The molecule has 0 saturated carbocycles. The second-order valence-electron chi connectivity index (χ2n) is 6.66. The van der Waals surface area contributed by atoms with Crippen molar-refractivity contribution in [1.29, 1.82) is 0 Å². The molecule has 0 radical (unpaired) electrons. The summed E-state index contributed by atoms with van der Waals surface area (Å²) in [4.78, 5) is 8.36. The maximum atomic E-state index is 8.36. The van der Waals surface area contributed by atoms with Crippen LogP contribution >= 0.6 is 12.9 Å². The van der Waals surface area contributed by atoms with Crippen LogP contribution in [0.5, 0.6) is 0 Å². The number of hydrogen-bond donors (Lipinski definition) is 1. The molecule has 0 fully saturated rings. The summed E-state index contributed by atoms with van der Waals surface area (Å²) in [5.74, 6) is 0. The Morgan fingerprint density at radius 3 is 1.53 bits per heavy atom. The Labute approximate surface area is 132 Å². The van der Waals surface area contributed by atoms with Gasteiger partial charge in [0.2, 0.25) is 0 Å². The summed E-state index contributed by atoms with van der Waals surface area (Å²) < 4.78 is 1.51. The molecule has 0 aliphatic heterocycles. The molecule has 1 aromatic carbocycles. The number of carboxylic acid groups (broad SMARTS) is 1. The monoisotopic (exact) mass is 338 g/mol. The first kappa shape index (κ1) is 18.9. The summed E-state index contributed by atoms with van der Waals surface area (Å²) in [6.45, 7) is 13.5. The molecule has 0 aliphatic rings. The number of halogens is 1. The standard InChI is InChI=1S/C14H21.CH2O2.BrH.Mg/c1-13(2,3)11-8-7-9-12(10-11)14(4,5)6;2-1-3;;/h8-10H,1-6H3;1H,(H,2,3);1H;/q;;;+1/p-1. The zero-order valence-electron chi connectivity index (χ0n) is 12.7. The minimum atomic E-state index is -0.255. The van der Waals surface area contributed by atoms with Gasteiger partial charge in [-0.25, -0.2) is 0 Å². The van der Waals surface area contributed by atoms with Gasteiger partial charge < -0.3 is 5.11 Å². The van der Waals surface area contributed by atoms with Crippen LogP contribution in [0.15, 0.2) is 18.2 Å². The molecule has 2 nitrogen and oxygen atoms in total. The summed E-state index contributed by atoms with van der Waals surface area (Å²) in [6, 6.07) is 7.12. The SMILES string of the molecule is CC(C)(C)c1c[c]([Mg][Br])cc(C(C)(C)C)c1.O=CO. The van der Waals surface area contributed by atoms with Crippen LogP contribution < -0.4 is 3.69 Å². The summed E-state index contributed by atoms with van der Waals surface area (Å²) in [6.07, 6.45) is 0. The molecule has 0 unspecified atom stereocenters. The highest BCUT2D eigenvalue weighted by Crippen LogP contribution is 2.27. The fourth-order valence-electron chi connectivity index (χ4n) is 1.64. The molecule has 1 N–H and O–H groups in total. The van der Waals surface area contributed by atoms with Gasteiger partial charge in [0.05, 0.1) is 0 Å². The zero-order chi connectivity index (χ0) is 15.3. The average molecular weight is 340 g/mol. The minimum absolute atomic E-state index is 0.243. The average Bonchev–Trinajstić information content (AvgIpc) is 2.27. The predicted octanol–water partition coefficient (Wildman–Crippen LogP) is 3.62. The van der Waals surface area contributed by atoms with E-state index >= 15 is 0 Å². The van der Waals surface area contributed by atoms with E-state index in [1.165, 1.54) is 14.8 Å². The van der Waals surface area contributed by atoms with Crippen molar-refractivity contribution in [3.8, 4) is 0 Å². The van der Waals surface area contributed by atoms with E-state index in [-0.39, 0.29) is 35.5 Å². The first-order valence-corrected chi connectivity index (χ1v) is 11.0. The highest BCUT2D eigenvalue weighted by atomic mass is 79.9. The second-order valence-corrected chi connectivity index (χ2v) is 9.42. The van der Waals surface area contributed by atoms with Crippen molar-refractivity contribution in [3.63, 3.8) is 0 Å². The lowest BCUT2D eigenvalue weighted by Gasteiger charge is -2.26. The maximum Gasteiger partial charge on any atom is 0.506 e. The van der Waals surface area contributed by atoms with E-state index in [0.29, 0.717) is 0 Å². The van der Waals surface area contributed by atoms with Crippen molar-refractivity contribution in [2.75, 3.05) is 0 Å². The topological polar surface area (TPSA) is 37.3 Å². The lowest BCUT2D eigenvalue weighted by molar-refractivity contribution is -0.122. The Morgan fingerprint density at radius 1 is 1.00 bits per heavy atom. The molecule has 0 amide bonds. The molecule has 0 saturated heterocycles. The molecule has 104 valence electrons. The van der Waals surface area contributed by atoms with Crippen molar-refractivity contribution in [3.05, 3.63) is 29.3 Å². The van der Waals surface area contributed by atoms with Gasteiger partial charge in [-0.05, 0) is 22.0 Å². The number of carbonyl (C=O) groups is 1. The molecule has 1 rings (SSSR count). The van der Waals surface area contributed by atoms with Gasteiger partial charge in [0.25, 0.3) is 6.47 Å². The van der Waals surface area contributed by atoms with Crippen LogP contribution in [0.1, 0.15) is 52.7 Å². The van der Waals surface area contributed by atoms with E-state index in [1.54, 1.807) is 0 Å². The van der Waals surface area contributed by atoms with Crippen molar-refractivity contribution in [1.82, 2.24) is 0 Å². The van der Waals surface area contributed by atoms with E-state index in [4.69, 9.17) is 9.90 Å². The van der Waals surface area contributed by atoms with Gasteiger partial charge in [0.1, 0.15) is 0 Å².